The van der Waals surface area contributed by atoms with Gasteiger partial charge in [-0.25, -0.2) is 0 Å². The molecule has 0 aliphatic heterocycles. The number of fused-ring (bicyclic) bond motifs is 2. The molecular formula is C16H9N2O. The molecule has 1 aromatic heterocycles. The predicted molar refractivity (Wildman–Crippen MR) is 73.6 cm³/mol. The van der Waals surface area contributed by atoms with Gasteiger partial charge in [0.05, 0.1) is 0 Å². The lowest BCUT2D eigenvalue weighted by Gasteiger charge is -2.03. The van der Waals surface area contributed by atoms with Gasteiger partial charge in [-0.3, -0.25) is 0 Å². The maximum Gasteiger partial charge on any atom is 0.152 e. The molecule has 0 spiro atoms. The Kier molecular flexibility index (Phi) is 2.12. The van der Waals surface area contributed by atoms with Gasteiger partial charge >= 0.3 is 0 Å². The van der Waals surface area contributed by atoms with Crippen LogP contribution >= 0.6 is 0 Å². The van der Waals surface area contributed by atoms with E-state index >= 15 is 0 Å². The third-order valence-electron chi connectivity index (χ3n) is 3.25. The molecular weight excluding hydrogens is 236 g/mol. The smallest absolute Gasteiger partial charge is 0.152 e. The molecule has 4 rings (SSSR count). The molecule has 0 unspecified atom stereocenters. The van der Waals surface area contributed by atoms with Crippen molar-refractivity contribution in [1.29, 1.82) is 0 Å². The van der Waals surface area contributed by atoms with Crippen LogP contribution in [0.15, 0.2) is 59.3 Å². The molecule has 0 N–H and O–H groups in total. The molecule has 3 aromatic carbocycles. The quantitative estimate of drug-likeness (QED) is 0.478. The van der Waals surface area contributed by atoms with Gasteiger partial charge in [-0.2, -0.15) is 0 Å². The summed E-state index contributed by atoms with van der Waals surface area (Å²) in [6.07, 6.45) is 1.53. The molecule has 0 saturated heterocycles. The van der Waals surface area contributed by atoms with E-state index < -0.39 is 0 Å². The molecule has 1 heterocycles. The van der Waals surface area contributed by atoms with Crippen molar-refractivity contribution in [2.45, 2.75) is 0 Å². The topological polar surface area (TPSA) is 38.9 Å². The van der Waals surface area contributed by atoms with Crippen LogP contribution < -0.4 is 0 Å². The monoisotopic (exact) mass is 245 g/mol. The molecule has 89 valence electrons. The Balaban J connectivity index is 2.00. The summed E-state index contributed by atoms with van der Waals surface area (Å²) in [5.41, 5.74) is 1.60. The van der Waals surface area contributed by atoms with Crippen molar-refractivity contribution in [3.05, 3.63) is 60.9 Å². The van der Waals surface area contributed by atoms with Crippen molar-refractivity contribution in [3.8, 4) is 11.3 Å². The van der Waals surface area contributed by atoms with E-state index in [-0.39, 0.29) is 0 Å². The molecule has 0 saturated carbocycles. The zero-order valence-corrected chi connectivity index (χ0v) is 10.00. The average Bonchev–Trinajstić information content (AvgIpc) is 2.98. The van der Waals surface area contributed by atoms with Gasteiger partial charge in [0.2, 0.25) is 0 Å². The van der Waals surface area contributed by atoms with E-state index in [4.69, 9.17) is 4.52 Å². The Morgan fingerprint density at radius 2 is 1.74 bits per heavy atom. The Bertz CT molecular complexity index is 866. The number of hydrogen-bond acceptors (Lipinski definition) is 3. The molecule has 0 atom stereocenters. The lowest BCUT2D eigenvalue weighted by molar-refractivity contribution is 0.393. The number of aromatic nitrogens is 2. The molecule has 0 amide bonds. The second-order valence-electron chi connectivity index (χ2n) is 4.45. The van der Waals surface area contributed by atoms with E-state index in [2.05, 4.69) is 46.8 Å². The minimum atomic E-state index is 0.704. The summed E-state index contributed by atoms with van der Waals surface area (Å²) in [6, 6.07) is 20.0. The van der Waals surface area contributed by atoms with Crippen LogP contribution in [0.4, 0.5) is 0 Å². The van der Waals surface area contributed by atoms with Crippen molar-refractivity contribution in [1.82, 2.24) is 10.4 Å². The molecule has 0 aliphatic carbocycles. The first-order chi connectivity index (χ1) is 9.40. The highest BCUT2D eigenvalue weighted by Gasteiger charge is 2.05. The van der Waals surface area contributed by atoms with Crippen LogP contribution in [-0.2, 0) is 0 Å². The standard InChI is InChI=1S/C16H9N2O/c1-2-4-12-8-15-9-14(16-10-19-18-17-16)6-5-13(15)7-11(12)3-1/h1-8,10H. The Morgan fingerprint density at radius 1 is 0.895 bits per heavy atom. The molecule has 0 bridgehead atoms. The predicted octanol–water partition coefficient (Wildman–Crippen LogP) is 3.84. The fourth-order valence-electron chi connectivity index (χ4n) is 2.30. The average molecular weight is 245 g/mol. The molecule has 3 nitrogen and oxygen atoms in total. The molecule has 4 aromatic rings. The maximum absolute atomic E-state index is 4.77. The number of hydrogen-bond donors (Lipinski definition) is 0. The first-order valence-electron chi connectivity index (χ1n) is 6.02. The minimum Gasteiger partial charge on any atom is -0.345 e. The summed E-state index contributed by atoms with van der Waals surface area (Å²) in [5.74, 6) is 0. The zero-order valence-electron chi connectivity index (χ0n) is 10.00. The summed E-state index contributed by atoms with van der Waals surface area (Å²) in [7, 11) is 0. The van der Waals surface area contributed by atoms with Gasteiger partial charge in [0.15, 0.2) is 6.26 Å². The summed E-state index contributed by atoms with van der Waals surface area (Å²) in [4.78, 5) is 0. The second kappa shape index (κ2) is 3.92. The van der Waals surface area contributed by atoms with Crippen molar-refractivity contribution < 1.29 is 4.52 Å². The number of nitrogens with zero attached hydrogens (tertiary/aromatic N) is 2. The normalized spacial score (nSPS) is 11.2. The van der Waals surface area contributed by atoms with E-state index in [1.54, 1.807) is 0 Å². The fourth-order valence-corrected chi connectivity index (χ4v) is 2.30. The minimum absolute atomic E-state index is 0.704. The van der Waals surface area contributed by atoms with E-state index in [0.717, 1.165) is 10.9 Å². The van der Waals surface area contributed by atoms with Crippen molar-refractivity contribution in [2.24, 2.45) is 0 Å². The van der Waals surface area contributed by atoms with Gasteiger partial charge in [-0.1, -0.05) is 36.4 Å². The van der Waals surface area contributed by atoms with Crippen LogP contribution in [0, 0.1) is 6.07 Å². The van der Waals surface area contributed by atoms with E-state index in [1.807, 2.05) is 18.2 Å². The summed E-state index contributed by atoms with van der Waals surface area (Å²) in [6.45, 7) is 0. The molecule has 0 aliphatic rings. The van der Waals surface area contributed by atoms with Crippen LogP contribution in [0.25, 0.3) is 32.8 Å². The summed E-state index contributed by atoms with van der Waals surface area (Å²) in [5, 5.41) is 12.1. The molecule has 0 fully saturated rings. The zero-order chi connectivity index (χ0) is 12.7. The highest BCUT2D eigenvalue weighted by atomic mass is 16.5. The van der Waals surface area contributed by atoms with Gasteiger partial charge in [0.1, 0.15) is 5.69 Å². The molecule has 19 heavy (non-hydrogen) atoms. The maximum atomic E-state index is 4.77. The van der Waals surface area contributed by atoms with Gasteiger partial charge in [-0.15, -0.1) is 5.10 Å². The summed E-state index contributed by atoms with van der Waals surface area (Å²) >= 11 is 0. The second-order valence-corrected chi connectivity index (χ2v) is 4.45. The lowest BCUT2D eigenvalue weighted by Crippen LogP contribution is -1.81. The van der Waals surface area contributed by atoms with Crippen LogP contribution in [0.1, 0.15) is 0 Å². The Labute approximate surface area is 109 Å². The Hall–Kier alpha value is -2.68. The van der Waals surface area contributed by atoms with Gasteiger partial charge in [-0.05, 0) is 33.7 Å². The number of rotatable bonds is 1. The third-order valence-corrected chi connectivity index (χ3v) is 3.25. The SMILES string of the molecule is [c]1c(-c2conn2)ccc2cc3ccccc3cc12. The molecule has 1 radical (unpaired) electrons. The van der Waals surface area contributed by atoms with Crippen LogP contribution in [0.3, 0.4) is 0 Å². The number of benzene rings is 3. The van der Waals surface area contributed by atoms with Crippen LogP contribution in [0.5, 0.6) is 0 Å². The van der Waals surface area contributed by atoms with Crippen LogP contribution in [0.2, 0.25) is 0 Å². The largest absolute Gasteiger partial charge is 0.345 e. The van der Waals surface area contributed by atoms with E-state index in [9.17, 15) is 0 Å². The fraction of sp³-hybridized carbons (Fsp3) is 0. The lowest BCUT2D eigenvalue weighted by atomic mass is 10.0. The van der Waals surface area contributed by atoms with E-state index in [1.165, 1.54) is 22.4 Å². The summed E-state index contributed by atoms with van der Waals surface area (Å²) < 4.78 is 4.77. The third kappa shape index (κ3) is 1.67. The first-order valence-corrected chi connectivity index (χ1v) is 6.02. The van der Waals surface area contributed by atoms with Gasteiger partial charge < -0.3 is 4.52 Å². The van der Waals surface area contributed by atoms with Crippen LogP contribution in [-0.4, -0.2) is 10.4 Å². The van der Waals surface area contributed by atoms with E-state index in [0.29, 0.717) is 5.69 Å². The Morgan fingerprint density at radius 3 is 2.53 bits per heavy atom. The van der Waals surface area contributed by atoms with Crippen molar-refractivity contribution in [2.75, 3.05) is 0 Å². The van der Waals surface area contributed by atoms with Crippen molar-refractivity contribution >= 4 is 21.5 Å². The highest BCUT2D eigenvalue weighted by Crippen LogP contribution is 2.26. The van der Waals surface area contributed by atoms with Crippen molar-refractivity contribution in [3.63, 3.8) is 0 Å². The molecule has 3 heteroatoms. The van der Waals surface area contributed by atoms with Gasteiger partial charge in [0.25, 0.3) is 0 Å². The highest BCUT2D eigenvalue weighted by molar-refractivity contribution is 5.99. The van der Waals surface area contributed by atoms with Gasteiger partial charge in [0, 0.05) is 16.9 Å². The first kappa shape index (κ1) is 10.3.